The number of hydrogen-bond donors (Lipinski definition) is 2. The summed E-state index contributed by atoms with van der Waals surface area (Å²) in [6, 6.07) is 0. The van der Waals surface area contributed by atoms with Gasteiger partial charge >= 0.3 is 0 Å². The van der Waals surface area contributed by atoms with E-state index >= 15 is 0 Å². The molecule has 0 aliphatic heterocycles. The standard InChI is InChI=1S/C13H29NO/c1-6-12(9-15)8-14-10-13(4,5)7-11(2)3/h11-12,14-15H,6-10H2,1-5H3. The van der Waals surface area contributed by atoms with Crippen LogP contribution in [0.3, 0.4) is 0 Å². The van der Waals surface area contributed by atoms with Crippen LogP contribution in [0.4, 0.5) is 0 Å². The maximum absolute atomic E-state index is 9.06. The Balaban J connectivity index is 3.73. The average Bonchev–Trinajstić information content (AvgIpc) is 2.10. The summed E-state index contributed by atoms with van der Waals surface area (Å²) in [6.07, 6.45) is 2.30. The first kappa shape index (κ1) is 14.9. The summed E-state index contributed by atoms with van der Waals surface area (Å²) >= 11 is 0. The van der Waals surface area contributed by atoms with Crippen molar-refractivity contribution in [3.8, 4) is 0 Å². The van der Waals surface area contributed by atoms with Crippen molar-refractivity contribution in [2.24, 2.45) is 17.3 Å². The van der Waals surface area contributed by atoms with Gasteiger partial charge in [0.25, 0.3) is 0 Å². The fraction of sp³-hybridized carbons (Fsp3) is 1.00. The number of aliphatic hydroxyl groups excluding tert-OH is 1. The van der Waals surface area contributed by atoms with Crippen LogP contribution < -0.4 is 5.32 Å². The van der Waals surface area contributed by atoms with Crippen LogP contribution in [0.1, 0.15) is 47.5 Å². The first-order chi connectivity index (χ1) is 6.91. The van der Waals surface area contributed by atoms with Crippen LogP contribution >= 0.6 is 0 Å². The molecule has 15 heavy (non-hydrogen) atoms. The molecule has 92 valence electrons. The van der Waals surface area contributed by atoms with E-state index in [4.69, 9.17) is 5.11 Å². The molecule has 0 fully saturated rings. The van der Waals surface area contributed by atoms with Gasteiger partial charge in [-0.25, -0.2) is 0 Å². The minimum absolute atomic E-state index is 0.300. The normalized spacial score (nSPS) is 14.6. The molecule has 0 saturated heterocycles. The first-order valence-electron chi connectivity index (χ1n) is 6.23. The van der Waals surface area contributed by atoms with E-state index in [1.165, 1.54) is 6.42 Å². The first-order valence-corrected chi connectivity index (χ1v) is 6.23. The van der Waals surface area contributed by atoms with Crippen LogP contribution in [-0.4, -0.2) is 24.8 Å². The summed E-state index contributed by atoms with van der Waals surface area (Å²) in [5.74, 6) is 1.17. The van der Waals surface area contributed by atoms with Gasteiger partial charge in [0.1, 0.15) is 0 Å². The Labute approximate surface area is 95.5 Å². The zero-order valence-electron chi connectivity index (χ0n) is 11.1. The topological polar surface area (TPSA) is 32.3 Å². The van der Waals surface area contributed by atoms with E-state index in [1.807, 2.05) is 0 Å². The second-order valence-corrected chi connectivity index (χ2v) is 5.85. The lowest BCUT2D eigenvalue weighted by Gasteiger charge is -2.28. The number of aliphatic hydroxyl groups is 1. The zero-order valence-corrected chi connectivity index (χ0v) is 11.1. The summed E-state index contributed by atoms with van der Waals surface area (Å²) in [5, 5.41) is 12.5. The molecule has 0 bridgehead atoms. The molecule has 2 N–H and O–H groups in total. The van der Waals surface area contributed by atoms with E-state index in [-0.39, 0.29) is 0 Å². The van der Waals surface area contributed by atoms with Gasteiger partial charge in [0.15, 0.2) is 0 Å². The minimum Gasteiger partial charge on any atom is -0.396 e. The van der Waals surface area contributed by atoms with Gasteiger partial charge in [-0.3, -0.25) is 0 Å². The van der Waals surface area contributed by atoms with Crippen molar-refractivity contribution in [1.82, 2.24) is 5.32 Å². The molecule has 0 aromatic rings. The highest BCUT2D eigenvalue weighted by molar-refractivity contribution is 4.73. The van der Waals surface area contributed by atoms with Gasteiger partial charge in [-0.05, 0) is 30.1 Å². The van der Waals surface area contributed by atoms with Gasteiger partial charge in [0.2, 0.25) is 0 Å². The second-order valence-electron chi connectivity index (χ2n) is 5.85. The van der Waals surface area contributed by atoms with Crippen molar-refractivity contribution in [2.75, 3.05) is 19.7 Å². The van der Waals surface area contributed by atoms with Gasteiger partial charge in [0.05, 0.1) is 0 Å². The Bertz CT molecular complexity index is 151. The molecule has 2 heteroatoms. The fourth-order valence-corrected chi connectivity index (χ4v) is 2.13. The van der Waals surface area contributed by atoms with Crippen LogP contribution in [0.2, 0.25) is 0 Å². The summed E-state index contributed by atoms with van der Waals surface area (Å²) in [4.78, 5) is 0. The Hall–Kier alpha value is -0.0800. The Morgan fingerprint density at radius 1 is 1.27 bits per heavy atom. The molecule has 0 amide bonds. The van der Waals surface area contributed by atoms with E-state index in [9.17, 15) is 0 Å². The lowest BCUT2D eigenvalue weighted by atomic mass is 9.84. The van der Waals surface area contributed by atoms with Crippen molar-refractivity contribution in [3.63, 3.8) is 0 Å². The monoisotopic (exact) mass is 215 g/mol. The predicted molar refractivity (Wildman–Crippen MR) is 67.0 cm³/mol. The lowest BCUT2D eigenvalue weighted by Crippen LogP contribution is -2.34. The molecule has 1 unspecified atom stereocenters. The molecule has 0 heterocycles. The van der Waals surface area contributed by atoms with Crippen LogP contribution in [0.25, 0.3) is 0 Å². The van der Waals surface area contributed by atoms with Crippen LogP contribution in [0, 0.1) is 17.3 Å². The zero-order chi connectivity index (χ0) is 11.9. The largest absolute Gasteiger partial charge is 0.396 e. The highest BCUT2D eigenvalue weighted by Crippen LogP contribution is 2.24. The SMILES string of the molecule is CCC(CO)CNCC(C)(C)CC(C)C. The van der Waals surface area contributed by atoms with E-state index in [0.29, 0.717) is 17.9 Å². The van der Waals surface area contributed by atoms with Gasteiger partial charge < -0.3 is 10.4 Å². The Kier molecular flexibility index (Phi) is 7.20. The minimum atomic E-state index is 0.300. The Morgan fingerprint density at radius 3 is 2.27 bits per heavy atom. The third-order valence-electron chi connectivity index (χ3n) is 2.83. The molecule has 2 nitrogen and oxygen atoms in total. The molecule has 0 aromatic heterocycles. The predicted octanol–water partition coefficient (Wildman–Crippen LogP) is 2.67. The molecular weight excluding hydrogens is 186 g/mol. The van der Waals surface area contributed by atoms with Gasteiger partial charge in [-0.2, -0.15) is 0 Å². The van der Waals surface area contributed by atoms with Gasteiger partial charge in [-0.15, -0.1) is 0 Å². The third-order valence-corrected chi connectivity index (χ3v) is 2.83. The highest BCUT2D eigenvalue weighted by atomic mass is 16.3. The average molecular weight is 215 g/mol. The van der Waals surface area contributed by atoms with Crippen LogP contribution in [0.15, 0.2) is 0 Å². The maximum Gasteiger partial charge on any atom is 0.0471 e. The van der Waals surface area contributed by atoms with Gasteiger partial charge in [0, 0.05) is 19.7 Å². The molecule has 0 saturated carbocycles. The number of rotatable bonds is 8. The van der Waals surface area contributed by atoms with E-state index in [0.717, 1.165) is 25.4 Å². The highest BCUT2D eigenvalue weighted by Gasteiger charge is 2.19. The van der Waals surface area contributed by atoms with Crippen LogP contribution in [0.5, 0.6) is 0 Å². The molecular formula is C13H29NO. The molecule has 0 aromatic carbocycles. The van der Waals surface area contributed by atoms with E-state index in [2.05, 4.69) is 39.9 Å². The molecule has 0 aliphatic carbocycles. The summed E-state index contributed by atoms with van der Waals surface area (Å²) in [6.45, 7) is 13.6. The van der Waals surface area contributed by atoms with Crippen molar-refractivity contribution >= 4 is 0 Å². The summed E-state index contributed by atoms with van der Waals surface area (Å²) < 4.78 is 0. The van der Waals surface area contributed by atoms with Crippen molar-refractivity contribution in [3.05, 3.63) is 0 Å². The molecule has 0 aliphatic rings. The summed E-state index contributed by atoms with van der Waals surface area (Å²) in [5.41, 5.74) is 0.363. The lowest BCUT2D eigenvalue weighted by molar-refractivity contribution is 0.207. The third kappa shape index (κ3) is 7.80. The maximum atomic E-state index is 9.06. The van der Waals surface area contributed by atoms with Crippen molar-refractivity contribution < 1.29 is 5.11 Å². The molecule has 0 rings (SSSR count). The molecule has 1 atom stereocenters. The second kappa shape index (κ2) is 7.24. The Morgan fingerprint density at radius 2 is 1.87 bits per heavy atom. The molecule has 0 spiro atoms. The summed E-state index contributed by atoms with van der Waals surface area (Å²) in [7, 11) is 0. The van der Waals surface area contributed by atoms with E-state index in [1.54, 1.807) is 0 Å². The van der Waals surface area contributed by atoms with Crippen molar-refractivity contribution in [1.29, 1.82) is 0 Å². The quantitative estimate of drug-likeness (QED) is 0.652. The smallest absolute Gasteiger partial charge is 0.0471 e. The van der Waals surface area contributed by atoms with Gasteiger partial charge in [-0.1, -0.05) is 34.6 Å². The van der Waals surface area contributed by atoms with Crippen molar-refractivity contribution in [2.45, 2.75) is 47.5 Å². The number of nitrogens with one attached hydrogen (secondary N) is 1. The fourth-order valence-electron chi connectivity index (χ4n) is 2.13. The number of hydrogen-bond acceptors (Lipinski definition) is 2. The molecule has 0 radical (unpaired) electrons. The van der Waals surface area contributed by atoms with Crippen LogP contribution in [-0.2, 0) is 0 Å². The van der Waals surface area contributed by atoms with E-state index < -0.39 is 0 Å².